The number of ketones is 1. The monoisotopic (exact) mass is 401 g/mol. The molecule has 5 nitrogen and oxygen atoms in total. The summed E-state index contributed by atoms with van der Waals surface area (Å²) in [5.74, 6) is 0.202. The average molecular weight is 402 g/mol. The fourth-order valence-electron chi connectivity index (χ4n) is 6.52. The maximum absolute atomic E-state index is 13.8. The number of amides is 1. The van der Waals surface area contributed by atoms with Crippen molar-refractivity contribution >= 4 is 11.7 Å². The van der Waals surface area contributed by atoms with Crippen LogP contribution in [0.15, 0.2) is 18.2 Å². The number of Topliss-reactive ketones (excluding diaryl/α,β-unsaturated/α-hetero) is 1. The highest BCUT2D eigenvalue weighted by Gasteiger charge is 2.58. The van der Waals surface area contributed by atoms with E-state index < -0.39 is 0 Å². The van der Waals surface area contributed by atoms with Crippen molar-refractivity contribution in [3.63, 3.8) is 0 Å². The lowest BCUT2D eigenvalue weighted by Gasteiger charge is -2.60. The Kier molecular flexibility index (Phi) is 5.72. The molecule has 2 fully saturated rings. The Morgan fingerprint density at radius 3 is 2.31 bits per heavy atom. The number of fused-ring (bicyclic) bond motifs is 1. The van der Waals surface area contributed by atoms with Gasteiger partial charge in [0.2, 0.25) is 5.91 Å². The van der Waals surface area contributed by atoms with Crippen LogP contribution in [0.2, 0.25) is 0 Å². The van der Waals surface area contributed by atoms with Crippen molar-refractivity contribution in [3.8, 4) is 11.5 Å². The molecule has 160 valence electrons. The van der Waals surface area contributed by atoms with Crippen LogP contribution < -0.4 is 5.32 Å². The zero-order valence-electron chi connectivity index (χ0n) is 18.3. The van der Waals surface area contributed by atoms with Crippen LogP contribution in [0.1, 0.15) is 70.7 Å². The van der Waals surface area contributed by atoms with E-state index in [2.05, 4.69) is 33.0 Å². The Morgan fingerprint density at radius 1 is 1.10 bits per heavy atom. The second-order valence-corrected chi connectivity index (χ2v) is 10.3. The number of phenols is 2. The molecule has 0 unspecified atom stereocenters. The van der Waals surface area contributed by atoms with Gasteiger partial charge in [0, 0.05) is 31.0 Å². The summed E-state index contributed by atoms with van der Waals surface area (Å²) in [5.41, 5.74) is 0.343. The first-order valence-corrected chi connectivity index (χ1v) is 10.8. The SMILES string of the molecule is CC(=O)NC[C@H]1C[C@H]2C(C)(C)CCC[C@]2(C)[C@@H](C(=O)c2cc(O)cc(O)c2)[C@@H]1C. The molecule has 1 amide bonds. The number of aromatic hydroxyl groups is 2. The predicted molar refractivity (Wildman–Crippen MR) is 113 cm³/mol. The minimum atomic E-state index is -0.221. The summed E-state index contributed by atoms with van der Waals surface area (Å²) in [4.78, 5) is 25.3. The van der Waals surface area contributed by atoms with Crippen LogP contribution >= 0.6 is 0 Å². The maximum Gasteiger partial charge on any atom is 0.216 e. The molecule has 0 aromatic heterocycles. The van der Waals surface area contributed by atoms with Crippen LogP contribution in [0.4, 0.5) is 0 Å². The number of phenolic OH excluding ortho intramolecular Hbond substituents is 2. The van der Waals surface area contributed by atoms with Gasteiger partial charge in [0.15, 0.2) is 5.78 Å². The highest BCUT2D eigenvalue weighted by Crippen LogP contribution is 2.62. The first-order valence-electron chi connectivity index (χ1n) is 10.8. The molecular weight excluding hydrogens is 366 g/mol. The molecule has 3 rings (SSSR count). The Bertz CT molecular complexity index is 782. The minimum Gasteiger partial charge on any atom is -0.508 e. The molecule has 0 radical (unpaired) electrons. The first-order chi connectivity index (χ1) is 13.5. The molecule has 0 spiro atoms. The predicted octanol–water partition coefficient (Wildman–Crippen LogP) is 4.52. The van der Waals surface area contributed by atoms with Crippen LogP contribution in [0.3, 0.4) is 0 Å². The highest BCUT2D eigenvalue weighted by atomic mass is 16.3. The van der Waals surface area contributed by atoms with E-state index in [0.717, 1.165) is 25.7 Å². The Labute approximate surface area is 173 Å². The van der Waals surface area contributed by atoms with Gasteiger partial charge in [0.05, 0.1) is 0 Å². The fourth-order valence-corrected chi connectivity index (χ4v) is 6.52. The largest absolute Gasteiger partial charge is 0.508 e. The molecule has 1 aromatic carbocycles. The number of carbonyl (C=O) groups excluding carboxylic acids is 2. The molecule has 1 aromatic rings. The Morgan fingerprint density at radius 2 is 1.72 bits per heavy atom. The molecule has 2 saturated carbocycles. The van der Waals surface area contributed by atoms with E-state index in [1.165, 1.54) is 25.1 Å². The molecule has 0 heterocycles. The summed E-state index contributed by atoms with van der Waals surface area (Å²) in [6.45, 7) is 11.1. The van der Waals surface area contributed by atoms with Gasteiger partial charge in [-0.3, -0.25) is 9.59 Å². The van der Waals surface area contributed by atoms with Crippen LogP contribution in [-0.4, -0.2) is 28.4 Å². The standard InChI is InChI=1S/C24H35NO4/c1-14-17(13-25-15(2)26)11-20-23(3,4)7-6-8-24(20,5)21(14)22(29)16-9-18(27)12-19(28)10-16/h9-10,12,14,17,20-21,27-28H,6-8,11,13H2,1-5H3,(H,25,26)/t14-,17-,20+,21-,24+/m1/s1. The number of carbonyl (C=O) groups is 2. The van der Waals surface area contributed by atoms with Crippen molar-refractivity contribution in [2.75, 3.05) is 6.54 Å². The molecule has 2 aliphatic rings. The Balaban J connectivity index is 2.04. The van der Waals surface area contributed by atoms with E-state index in [4.69, 9.17) is 0 Å². The number of benzene rings is 1. The zero-order valence-corrected chi connectivity index (χ0v) is 18.3. The van der Waals surface area contributed by atoms with Gasteiger partial charge in [0.1, 0.15) is 11.5 Å². The van der Waals surface area contributed by atoms with E-state index in [-0.39, 0.29) is 51.8 Å². The lowest BCUT2D eigenvalue weighted by molar-refractivity contribution is -0.121. The van der Waals surface area contributed by atoms with E-state index in [9.17, 15) is 19.8 Å². The average Bonchev–Trinajstić information content (AvgIpc) is 2.58. The van der Waals surface area contributed by atoms with E-state index >= 15 is 0 Å². The van der Waals surface area contributed by atoms with Crippen molar-refractivity contribution < 1.29 is 19.8 Å². The normalized spacial score (nSPS) is 33.6. The van der Waals surface area contributed by atoms with Gasteiger partial charge in [-0.2, -0.15) is 0 Å². The fraction of sp³-hybridized carbons (Fsp3) is 0.667. The van der Waals surface area contributed by atoms with E-state index in [1.54, 1.807) is 0 Å². The quantitative estimate of drug-likeness (QED) is 0.647. The molecule has 5 atom stereocenters. The second kappa shape index (κ2) is 7.66. The maximum atomic E-state index is 13.8. The van der Waals surface area contributed by atoms with E-state index in [0.29, 0.717) is 18.0 Å². The number of hydrogen-bond acceptors (Lipinski definition) is 4. The van der Waals surface area contributed by atoms with Gasteiger partial charge >= 0.3 is 0 Å². The molecule has 3 N–H and O–H groups in total. The Hall–Kier alpha value is -2.04. The van der Waals surface area contributed by atoms with Gasteiger partial charge in [-0.15, -0.1) is 0 Å². The lowest BCUT2D eigenvalue weighted by atomic mass is 9.44. The molecule has 0 aliphatic heterocycles. The third-order valence-electron chi connectivity index (χ3n) is 7.88. The van der Waals surface area contributed by atoms with Crippen molar-refractivity contribution in [1.29, 1.82) is 0 Å². The second-order valence-electron chi connectivity index (χ2n) is 10.3. The van der Waals surface area contributed by atoms with Crippen molar-refractivity contribution in [3.05, 3.63) is 23.8 Å². The molecule has 29 heavy (non-hydrogen) atoms. The summed E-state index contributed by atoms with van der Waals surface area (Å²) < 4.78 is 0. The molecule has 2 aliphatic carbocycles. The van der Waals surface area contributed by atoms with Gasteiger partial charge < -0.3 is 15.5 Å². The van der Waals surface area contributed by atoms with Gasteiger partial charge in [-0.05, 0) is 60.0 Å². The van der Waals surface area contributed by atoms with Crippen molar-refractivity contribution in [2.24, 2.45) is 34.5 Å². The summed E-state index contributed by atoms with van der Waals surface area (Å²) in [7, 11) is 0. The number of hydrogen-bond donors (Lipinski definition) is 3. The van der Waals surface area contributed by atoms with Gasteiger partial charge in [0.25, 0.3) is 0 Å². The van der Waals surface area contributed by atoms with E-state index in [1.807, 2.05) is 0 Å². The summed E-state index contributed by atoms with van der Waals surface area (Å²) in [6, 6.07) is 4.16. The van der Waals surface area contributed by atoms with Crippen LogP contribution in [0.25, 0.3) is 0 Å². The number of nitrogens with one attached hydrogen (secondary N) is 1. The summed E-state index contributed by atoms with van der Waals surface area (Å²) in [6.07, 6.45) is 4.24. The third-order valence-corrected chi connectivity index (χ3v) is 7.88. The van der Waals surface area contributed by atoms with Gasteiger partial charge in [-0.25, -0.2) is 0 Å². The minimum absolute atomic E-state index is 0.0126. The first kappa shape index (κ1) is 21.7. The number of rotatable bonds is 4. The molecule has 5 heteroatoms. The lowest BCUT2D eigenvalue weighted by Crippen LogP contribution is -2.57. The highest BCUT2D eigenvalue weighted by molar-refractivity contribution is 5.99. The van der Waals surface area contributed by atoms with Crippen molar-refractivity contribution in [2.45, 2.75) is 60.3 Å². The smallest absolute Gasteiger partial charge is 0.216 e. The van der Waals surface area contributed by atoms with Crippen LogP contribution in [-0.2, 0) is 4.79 Å². The van der Waals surface area contributed by atoms with Crippen molar-refractivity contribution in [1.82, 2.24) is 5.32 Å². The summed E-state index contributed by atoms with van der Waals surface area (Å²) in [5, 5.41) is 22.8. The molecule has 0 saturated heterocycles. The van der Waals surface area contributed by atoms with Gasteiger partial charge in [-0.1, -0.05) is 34.1 Å². The summed E-state index contributed by atoms with van der Waals surface area (Å²) >= 11 is 0. The topological polar surface area (TPSA) is 86.6 Å². The molecular formula is C24H35NO4. The molecule has 0 bridgehead atoms. The van der Waals surface area contributed by atoms with Crippen LogP contribution in [0, 0.1) is 34.5 Å². The third kappa shape index (κ3) is 4.01. The van der Waals surface area contributed by atoms with Crippen LogP contribution in [0.5, 0.6) is 11.5 Å². The zero-order chi connectivity index (χ0) is 21.6.